The molecule has 0 aromatic rings. The van der Waals surface area contributed by atoms with E-state index in [-0.39, 0.29) is 11.7 Å². The first-order valence-corrected chi connectivity index (χ1v) is 6.08. The topological polar surface area (TPSA) is 37.4 Å². The monoisotopic (exact) mass is 235 g/mol. The number of hydrogen-bond donors (Lipinski definition) is 0. The molecule has 0 fully saturated rings. The first-order valence-electron chi connectivity index (χ1n) is 6.08. The van der Waals surface area contributed by atoms with Crippen molar-refractivity contribution in [3.8, 4) is 0 Å². The van der Waals surface area contributed by atoms with Gasteiger partial charge >= 0.3 is 0 Å². The average molecular weight is 235 g/mol. The molecule has 0 spiro atoms. The highest BCUT2D eigenvalue weighted by Crippen LogP contribution is 2.26. The molecule has 3 nitrogen and oxygen atoms in total. The summed E-state index contributed by atoms with van der Waals surface area (Å²) >= 11 is 0. The molecule has 0 saturated carbocycles. The van der Waals surface area contributed by atoms with Gasteiger partial charge in [0.1, 0.15) is 0 Å². The van der Waals surface area contributed by atoms with E-state index in [9.17, 15) is 9.59 Å². The molecule has 3 heteroatoms. The molecule has 0 radical (unpaired) electrons. The zero-order valence-corrected chi connectivity index (χ0v) is 11.2. The summed E-state index contributed by atoms with van der Waals surface area (Å²) < 4.78 is 0. The zero-order valence-electron chi connectivity index (χ0n) is 11.2. The van der Waals surface area contributed by atoms with Gasteiger partial charge in [0, 0.05) is 14.1 Å². The second kappa shape index (κ2) is 5.80. The molecule has 1 aliphatic carbocycles. The van der Waals surface area contributed by atoms with Crippen LogP contribution in [0.2, 0.25) is 0 Å². The summed E-state index contributed by atoms with van der Waals surface area (Å²) in [7, 11) is 3.35. The van der Waals surface area contributed by atoms with E-state index in [1.165, 1.54) is 18.2 Å². The normalized spacial score (nSPS) is 17.1. The predicted octanol–water partition coefficient (Wildman–Crippen LogP) is 2.48. The lowest BCUT2D eigenvalue weighted by Gasteiger charge is -2.18. The Morgan fingerprint density at radius 2 is 1.82 bits per heavy atom. The van der Waals surface area contributed by atoms with Gasteiger partial charge in [0.25, 0.3) is 5.91 Å². The van der Waals surface area contributed by atoms with Crippen LogP contribution in [0.25, 0.3) is 0 Å². The highest BCUT2D eigenvalue weighted by Gasteiger charge is 2.21. The Morgan fingerprint density at radius 1 is 1.18 bits per heavy atom. The quantitative estimate of drug-likeness (QED) is 0.428. The van der Waals surface area contributed by atoms with Gasteiger partial charge in [-0.05, 0) is 50.7 Å². The summed E-state index contributed by atoms with van der Waals surface area (Å²) in [6.07, 6.45) is 6.53. The van der Waals surface area contributed by atoms with Crippen molar-refractivity contribution in [1.82, 2.24) is 4.90 Å². The van der Waals surface area contributed by atoms with Gasteiger partial charge in [-0.3, -0.25) is 9.59 Å². The molecule has 17 heavy (non-hydrogen) atoms. The Bertz CT molecular complexity index is 389. The summed E-state index contributed by atoms with van der Waals surface area (Å²) in [5, 5.41) is 0. The van der Waals surface area contributed by atoms with Crippen molar-refractivity contribution in [3.05, 3.63) is 22.8 Å². The van der Waals surface area contributed by atoms with Gasteiger partial charge in [-0.25, -0.2) is 0 Å². The van der Waals surface area contributed by atoms with E-state index in [1.807, 2.05) is 6.92 Å². The van der Waals surface area contributed by atoms with Crippen molar-refractivity contribution >= 4 is 11.7 Å². The molecule has 0 heterocycles. The molecule has 0 atom stereocenters. The van der Waals surface area contributed by atoms with Crippen LogP contribution < -0.4 is 0 Å². The number of hydrogen-bond acceptors (Lipinski definition) is 2. The van der Waals surface area contributed by atoms with Crippen LogP contribution in [-0.4, -0.2) is 30.7 Å². The Hall–Kier alpha value is -1.38. The standard InChI is InChI=1S/C14H21NO2/c1-10(12-8-6-5-7-9-12)13(11(2)16)14(17)15(3)4/h8H,5-7,9H2,1-4H3/b13-10-. The number of Topliss-reactive ketones (excluding diaryl/α,β-unsaturated/α-hetero) is 1. The first kappa shape index (κ1) is 13.7. The summed E-state index contributed by atoms with van der Waals surface area (Å²) in [5.41, 5.74) is 2.36. The van der Waals surface area contributed by atoms with Crippen molar-refractivity contribution in [1.29, 1.82) is 0 Å². The zero-order chi connectivity index (χ0) is 13.0. The molecule has 0 unspecified atom stereocenters. The Labute approximate surface area is 103 Å². The molecule has 1 rings (SSSR count). The fourth-order valence-corrected chi connectivity index (χ4v) is 2.14. The molecule has 0 aromatic carbocycles. The largest absolute Gasteiger partial charge is 0.345 e. The van der Waals surface area contributed by atoms with Crippen molar-refractivity contribution in [3.63, 3.8) is 0 Å². The van der Waals surface area contributed by atoms with Crippen LogP contribution in [0.3, 0.4) is 0 Å². The Balaban J connectivity index is 3.14. The van der Waals surface area contributed by atoms with Crippen LogP contribution >= 0.6 is 0 Å². The number of amides is 1. The molecular formula is C14H21NO2. The fourth-order valence-electron chi connectivity index (χ4n) is 2.14. The number of rotatable bonds is 3. The number of likely N-dealkylation sites (N-methyl/N-ethyl adjacent to an activating group) is 1. The van der Waals surface area contributed by atoms with Crippen molar-refractivity contribution in [2.24, 2.45) is 0 Å². The third-order valence-electron chi connectivity index (χ3n) is 3.12. The lowest BCUT2D eigenvalue weighted by atomic mass is 9.90. The number of ketones is 1. The van der Waals surface area contributed by atoms with Crippen molar-refractivity contribution in [2.45, 2.75) is 39.5 Å². The molecule has 0 aromatic heterocycles. The van der Waals surface area contributed by atoms with Crippen LogP contribution in [0, 0.1) is 0 Å². The minimum atomic E-state index is -0.193. The number of carbonyl (C=O) groups excluding carboxylic acids is 2. The van der Waals surface area contributed by atoms with E-state index in [4.69, 9.17) is 0 Å². The van der Waals surface area contributed by atoms with Crippen LogP contribution in [0.15, 0.2) is 22.8 Å². The van der Waals surface area contributed by atoms with Crippen LogP contribution in [0.1, 0.15) is 39.5 Å². The van der Waals surface area contributed by atoms with E-state index in [1.54, 1.807) is 14.1 Å². The molecule has 0 bridgehead atoms. The van der Waals surface area contributed by atoms with Gasteiger partial charge in [0.15, 0.2) is 5.78 Å². The van der Waals surface area contributed by atoms with Gasteiger partial charge < -0.3 is 4.90 Å². The molecular weight excluding hydrogens is 214 g/mol. The lowest BCUT2D eigenvalue weighted by Crippen LogP contribution is -2.27. The van der Waals surface area contributed by atoms with Crippen LogP contribution in [0.4, 0.5) is 0 Å². The summed E-state index contributed by atoms with van der Waals surface area (Å²) in [4.78, 5) is 25.1. The highest BCUT2D eigenvalue weighted by atomic mass is 16.2. The second-order valence-electron chi connectivity index (χ2n) is 4.73. The summed E-state index contributed by atoms with van der Waals surface area (Å²) in [6, 6.07) is 0. The Kier molecular flexibility index (Phi) is 4.67. The average Bonchev–Trinajstić information content (AvgIpc) is 2.29. The van der Waals surface area contributed by atoms with E-state index in [0.717, 1.165) is 30.4 Å². The smallest absolute Gasteiger partial charge is 0.257 e. The van der Waals surface area contributed by atoms with Crippen LogP contribution in [0.5, 0.6) is 0 Å². The molecule has 1 aliphatic rings. The first-order chi connectivity index (χ1) is 7.95. The summed E-state index contributed by atoms with van der Waals surface area (Å²) in [6.45, 7) is 3.35. The van der Waals surface area contributed by atoms with Gasteiger partial charge in [0.2, 0.25) is 0 Å². The highest BCUT2D eigenvalue weighted by molar-refractivity contribution is 6.19. The fraction of sp³-hybridized carbons (Fsp3) is 0.571. The van der Waals surface area contributed by atoms with Gasteiger partial charge in [-0.1, -0.05) is 6.08 Å². The van der Waals surface area contributed by atoms with Gasteiger partial charge in [0.05, 0.1) is 5.57 Å². The number of nitrogens with zero attached hydrogens (tertiary/aromatic N) is 1. The van der Waals surface area contributed by atoms with Crippen molar-refractivity contribution in [2.75, 3.05) is 14.1 Å². The van der Waals surface area contributed by atoms with E-state index < -0.39 is 0 Å². The minimum absolute atomic E-state index is 0.146. The third kappa shape index (κ3) is 3.29. The molecule has 0 N–H and O–H groups in total. The SMILES string of the molecule is CC(=O)/C(C(=O)N(C)C)=C(\C)C1=CCCCC1. The maximum absolute atomic E-state index is 12.0. The predicted molar refractivity (Wildman–Crippen MR) is 68.6 cm³/mol. The van der Waals surface area contributed by atoms with Gasteiger partial charge in [-0.15, -0.1) is 0 Å². The number of carbonyl (C=O) groups is 2. The van der Waals surface area contributed by atoms with E-state index in [0.29, 0.717) is 5.57 Å². The molecule has 1 amide bonds. The third-order valence-corrected chi connectivity index (χ3v) is 3.12. The minimum Gasteiger partial charge on any atom is -0.345 e. The Morgan fingerprint density at radius 3 is 2.24 bits per heavy atom. The van der Waals surface area contributed by atoms with E-state index >= 15 is 0 Å². The number of allylic oxidation sites excluding steroid dienone is 3. The molecule has 0 saturated heterocycles. The molecule has 94 valence electrons. The van der Waals surface area contributed by atoms with Crippen molar-refractivity contribution < 1.29 is 9.59 Å². The van der Waals surface area contributed by atoms with Crippen LogP contribution in [-0.2, 0) is 9.59 Å². The molecule has 0 aliphatic heterocycles. The maximum atomic E-state index is 12.0. The summed E-state index contributed by atoms with van der Waals surface area (Å²) in [5.74, 6) is -0.339. The van der Waals surface area contributed by atoms with E-state index in [2.05, 4.69) is 6.08 Å². The van der Waals surface area contributed by atoms with Gasteiger partial charge in [-0.2, -0.15) is 0 Å². The second-order valence-corrected chi connectivity index (χ2v) is 4.73. The maximum Gasteiger partial charge on any atom is 0.257 e. The lowest BCUT2D eigenvalue weighted by molar-refractivity contribution is -0.127.